The molecule has 0 bridgehead atoms. The highest BCUT2D eigenvalue weighted by atomic mass is 16.5. The number of rotatable bonds is 6. The van der Waals surface area contributed by atoms with E-state index in [1.165, 1.54) is 0 Å². The second kappa shape index (κ2) is 7.64. The molecule has 0 aromatic heterocycles. The van der Waals surface area contributed by atoms with Crippen LogP contribution >= 0.6 is 0 Å². The summed E-state index contributed by atoms with van der Waals surface area (Å²) >= 11 is 0. The number of carboxylic acids is 1. The minimum Gasteiger partial charge on any atom is -0.481 e. The Kier molecular flexibility index (Phi) is 6.45. The van der Waals surface area contributed by atoms with E-state index in [0.29, 0.717) is 26.2 Å². The Morgan fingerprint density at radius 3 is 2.57 bits per heavy atom. The fraction of sp³-hybridized carbons (Fsp3) is 0.867. The van der Waals surface area contributed by atoms with Gasteiger partial charge in [0.25, 0.3) is 0 Å². The standard InChI is InChI=1S/C15H28N2O4/c1-11(13(18)19)6-5-7-12(2)16-14(20)17-8-9-21-10-15(17,3)4/h11-12H,5-10H2,1-4H3,(H,16,20)(H,18,19). The van der Waals surface area contributed by atoms with Crippen LogP contribution in [0.3, 0.4) is 0 Å². The summed E-state index contributed by atoms with van der Waals surface area (Å²) in [5, 5.41) is 11.8. The maximum absolute atomic E-state index is 12.3. The van der Waals surface area contributed by atoms with E-state index in [1.54, 1.807) is 6.92 Å². The van der Waals surface area contributed by atoms with Crippen LogP contribution < -0.4 is 5.32 Å². The second-order valence-electron chi connectivity index (χ2n) is 6.54. The summed E-state index contributed by atoms with van der Waals surface area (Å²) in [6.45, 7) is 9.36. The molecule has 1 aliphatic rings. The summed E-state index contributed by atoms with van der Waals surface area (Å²) in [6.07, 6.45) is 2.22. The van der Waals surface area contributed by atoms with Gasteiger partial charge >= 0.3 is 12.0 Å². The van der Waals surface area contributed by atoms with Gasteiger partial charge < -0.3 is 20.1 Å². The van der Waals surface area contributed by atoms with E-state index in [9.17, 15) is 9.59 Å². The molecule has 0 aromatic carbocycles. The second-order valence-corrected chi connectivity index (χ2v) is 6.54. The van der Waals surface area contributed by atoms with Crippen molar-refractivity contribution in [1.82, 2.24) is 10.2 Å². The third kappa shape index (κ3) is 5.53. The third-order valence-corrected chi connectivity index (χ3v) is 3.96. The predicted molar refractivity (Wildman–Crippen MR) is 80.2 cm³/mol. The van der Waals surface area contributed by atoms with Gasteiger partial charge in [-0.1, -0.05) is 13.3 Å². The third-order valence-electron chi connectivity index (χ3n) is 3.96. The van der Waals surface area contributed by atoms with Crippen LogP contribution in [0.25, 0.3) is 0 Å². The van der Waals surface area contributed by atoms with Crippen LogP contribution in [0.4, 0.5) is 4.79 Å². The fourth-order valence-electron chi connectivity index (χ4n) is 2.45. The van der Waals surface area contributed by atoms with Gasteiger partial charge in [-0.05, 0) is 33.6 Å². The maximum atomic E-state index is 12.3. The van der Waals surface area contributed by atoms with Crippen LogP contribution in [-0.2, 0) is 9.53 Å². The van der Waals surface area contributed by atoms with E-state index in [4.69, 9.17) is 9.84 Å². The van der Waals surface area contributed by atoms with E-state index in [1.807, 2.05) is 25.7 Å². The molecular formula is C15H28N2O4. The minimum atomic E-state index is -0.762. The number of carbonyl (C=O) groups is 2. The molecule has 2 unspecified atom stereocenters. The monoisotopic (exact) mass is 300 g/mol. The molecular weight excluding hydrogens is 272 g/mol. The average molecular weight is 300 g/mol. The summed E-state index contributed by atoms with van der Waals surface area (Å²) in [5.41, 5.74) is -0.292. The van der Waals surface area contributed by atoms with Gasteiger partial charge in [0.2, 0.25) is 0 Å². The summed E-state index contributed by atoms with van der Waals surface area (Å²) in [7, 11) is 0. The Morgan fingerprint density at radius 1 is 1.33 bits per heavy atom. The molecule has 1 rings (SSSR count). The summed E-state index contributed by atoms with van der Waals surface area (Å²) in [4.78, 5) is 24.8. The molecule has 2 amide bonds. The fourth-order valence-corrected chi connectivity index (χ4v) is 2.45. The van der Waals surface area contributed by atoms with Crippen LogP contribution in [0.15, 0.2) is 0 Å². The molecule has 0 radical (unpaired) electrons. The first-order chi connectivity index (χ1) is 9.74. The lowest BCUT2D eigenvalue weighted by molar-refractivity contribution is -0.141. The van der Waals surface area contributed by atoms with Crippen molar-refractivity contribution in [3.05, 3.63) is 0 Å². The van der Waals surface area contributed by atoms with Crippen molar-refractivity contribution >= 4 is 12.0 Å². The number of hydrogen-bond acceptors (Lipinski definition) is 3. The number of hydrogen-bond donors (Lipinski definition) is 2. The van der Waals surface area contributed by atoms with Crippen LogP contribution in [0.1, 0.15) is 47.0 Å². The van der Waals surface area contributed by atoms with Gasteiger partial charge in [0.15, 0.2) is 0 Å². The Morgan fingerprint density at radius 2 is 2.00 bits per heavy atom. The maximum Gasteiger partial charge on any atom is 0.318 e. The van der Waals surface area contributed by atoms with Crippen molar-refractivity contribution in [3.63, 3.8) is 0 Å². The lowest BCUT2D eigenvalue weighted by Crippen LogP contribution is -2.59. The molecule has 2 N–H and O–H groups in total. The first-order valence-corrected chi connectivity index (χ1v) is 7.62. The number of ether oxygens (including phenoxy) is 1. The number of nitrogens with one attached hydrogen (secondary N) is 1. The Balaban J connectivity index is 2.35. The van der Waals surface area contributed by atoms with Gasteiger partial charge in [-0.3, -0.25) is 4.79 Å². The number of morpholine rings is 1. The van der Waals surface area contributed by atoms with Crippen LogP contribution in [0.5, 0.6) is 0 Å². The van der Waals surface area contributed by atoms with Crippen LogP contribution in [0.2, 0.25) is 0 Å². The van der Waals surface area contributed by atoms with Gasteiger partial charge in [0, 0.05) is 12.6 Å². The Hall–Kier alpha value is -1.30. The molecule has 1 fully saturated rings. The van der Waals surface area contributed by atoms with Crippen molar-refractivity contribution in [1.29, 1.82) is 0 Å². The van der Waals surface area contributed by atoms with Gasteiger partial charge in [-0.15, -0.1) is 0 Å². The van der Waals surface area contributed by atoms with Crippen molar-refractivity contribution < 1.29 is 19.4 Å². The van der Waals surface area contributed by atoms with Crippen molar-refractivity contribution in [2.45, 2.75) is 58.5 Å². The molecule has 0 saturated carbocycles. The minimum absolute atomic E-state index is 0.0390. The SMILES string of the molecule is CC(CCCC(C)C(=O)O)NC(=O)N1CCOCC1(C)C. The summed E-state index contributed by atoms with van der Waals surface area (Å²) in [5.74, 6) is -1.09. The number of aliphatic carboxylic acids is 1. The first kappa shape index (κ1) is 17.8. The topological polar surface area (TPSA) is 78.9 Å². The lowest BCUT2D eigenvalue weighted by atomic mass is 10.0. The van der Waals surface area contributed by atoms with Crippen molar-refractivity contribution in [2.75, 3.05) is 19.8 Å². The molecule has 0 aliphatic carbocycles. The number of urea groups is 1. The molecule has 6 nitrogen and oxygen atoms in total. The van der Waals surface area contributed by atoms with E-state index in [2.05, 4.69) is 5.32 Å². The van der Waals surface area contributed by atoms with Gasteiger partial charge in [0.1, 0.15) is 0 Å². The van der Waals surface area contributed by atoms with E-state index in [-0.39, 0.29) is 23.5 Å². The smallest absolute Gasteiger partial charge is 0.318 e. The molecule has 21 heavy (non-hydrogen) atoms. The highest BCUT2D eigenvalue weighted by molar-refractivity contribution is 5.75. The Labute approximate surface area is 126 Å². The van der Waals surface area contributed by atoms with Crippen molar-refractivity contribution in [3.8, 4) is 0 Å². The Bertz CT molecular complexity index is 371. The van der Waals surface area contributed by atoms with Crippen molar-refractivity contribution in [2.24, 2.45) is 5.92 Å². The first-order valence-electron chi connectivity index (χ1n) is 7.62. The largest absolute Gasteiger partial charge is 0.481 e. The normalized spacial score (nSPS) is 20.7. The van der Waals surface area contributed by atoms with E-state index in [0.717, 1.165) is 12.8 Å². The predicted octanol–water partition coefficient (Wildman–Crippen LogP) is 2.09. The molecule has 1 saturated heterocycles. The molecule has 0 spiro atoms. The molecule has 1 aliphatic heterocycles. The molecule has 0 aromatic rings. The molecule has 2 atom stereocenters. The van der Waals surface area contributed by atoms with Gasteiger partial charge in [-0.2, -0.15) is 0 Å². The van der Waals surface area contributed by atoms with E-state index >= 15 is 0 Å². The number of carboxylic acid groups (broad SMARTS) is 1. The van der Waals surface area contributed by atoms with E-state index < -0.39 is 5.97 Å². The van der Waals surface area contributed by atoms with Gasteiger partial charge in [-0.25, -0.2) is 4.79 Å². The van der Waals surface area contributed by atoms with Gasteiger partial charge in [0.05, 0.1) is 24.7 Å². The zero-order valence-electron chi connectivity index (χ0n) is 13.5. The molecule has 122 valence electrons. The number of nitrogens with zero attached hydrogens (tertiary/aromatic N) is 1. The zero-order chi connectivity index (χ0) is 16.0. The highest BCUT2D eigenvalue weighted by Gasteiger charge is 2.34. The average Bonchev–Trinajstić information content (AvgIpc) is 2.37. The zero-order valence-corrected chi connectivity index (χ0v) is 13.5. The number of amides is 2. The molecule has 1 heterocycles. The van der Waals surface area contributed by atoms with Crippen LogP contribution in [0, 0.1) is 5.92 Å². The highest BCUT2D eigenvalue weighted by Crippen LogP contribution is 2.19. The lowest BCUT2D eigenvalue weighted by Gasteiger charge is -2.42. The number of carbonyl (C=O) groups excluding carboxylic acids is 1. The quantitative estimate of drug-likeness (QED) is 0.787. The molecule has 6 heteroatoms. The summed E-state index contributed by atoms with van der Waals surface area (Å²) < 4.78 is 5.41. The van der Waals surface area contributed by atoms with Crippen LogP contribution in [-0.4, -0.2) is 53.3 Å². The summed E-state index contributed by atoms with van der Waals surface area (Å²) in [6, 6.07) is -0.0285.